The van der Waals surface area contributed by atoms with Crippen LogP contribution >= 0.6 is 0 Å². The first-order chi connectivity index (χ1) is 9.00. The molecule has 0 saturated heterocycles. The molecule has 6 heteroatoms. The van der Waals surface area contributed by atoms with E-state index in [1.165, 1.54) is 0 Å². The summed E-state index contributed by atoms with van der Waals surface area (Å²) in [6.45, 7) is 0.0878. The minimum Gasteiger partial charge on any atom is -0.481 e. The molecule has 0 atom stereocenters. The molecule has 0 aliphatic carbocycles. The number of hydrogen-bond donors (Lipinski definition) is 2. The Balaban J connectivity index is 2.35. The highest BCUT2D eigenvalue weighted by Crippen LogP contribution is 2.09. The highest BCUT2D eigenvalue weighted by molar-refractivity contribution is 5.93. The van der Waals surface area contributed by atoms with Crippen molar-refractivity contribution in [2.24, 2.45) is 5.92 Å². The second-order valence-corrected chi connectivity index (χ2v) is 3.91. The number of carbonyl (C=O) groups is 3. The molecule has 1 aromatic rings. The Morgan fingerprint density at radius 2 is 1.63 bits per heavy atom. The third kappa shape index (κ3) is 5.20. The van der Waals surface area contributed by atoms with Crippen LogP contribution in [0.1, 0.15) is 18.4 Å². The van der Waals surface area contributed by atoms with Gasteiger partial charge in [0, 0.05) is 6.42 Å². The summed E-state index contributed by atoms with van der Waals surface area (Å²) in [5.41, 5.74) is 0.809. The van der Waals surface area contributed by atoms with Crippen LogP contribution in [0.25, 0.3) is 0 Å². The molecule has 19 heavy (non-hydrogen) atoms. The smallest absolute Gasteiger partial charge is 0.317 e. The van der Waals surface area contributed by atoms with Crippen molar-refractivity contribution in [3.8, 4) is 0 Å². The molecule has 0 bridgehead atoms. The largest absolute Gasteiger partial charge is 0.481 e. The molecular formula is C13H14O6. The number of aliphatic carboxylic acids is 2. The fourth-order valence-electron chi connectivity index (χ4n) is 1.42. The van der Waals surface area contributed by atoms with Crippen LogP contribution in [0.4, 0.5) is 0 Å². The molecule has 0 aliphatic rings. The molecule has 0 aromatic heterocycles. The van der Waals surface area contributed by atoms with E-state index in [1.807, 2.05) is 6.07 Å². The monoisotopic (exact) mass is 266 g/mol. The summed E-state index contributed by atoms with van der Waals surface area (Å²) < 4.78 is 4.91. The predicted molar refractivity (Wildman–Crippen MR) is 64.2 cm³/mol. The van der Waals surface area contributed by atoms with Gasteiger partial charge in [0.25, 0.3) is 0 Å². The van der Waals surface area contributed by atoms with Crippen LogP contribution in [0.2, 0.25) is 0 Å². The lowest BCUT2D eigenvalue weighted by atomic mass is 10.0. The second-order valence-electron chi connectivity index (χ2n) is 3.91. The first-order valence-electron chi connectivity index (χ1n) is 5.66. The average molecular weight is 266 g/mol. The maximum Gasteiger partial charge on any atom is 0.317 e. The Bertz CT molecular complexity index is 439. The van der Waals surface area contributed by atoms with Crippen LogP contribution in [0.5, 0.6) is 0 Å². The van der Waals surface area contributed by atoms with E-state index in [1.54, 1.807) is 24.3 Å². The van der Waals surface area contributed by atoms with Crippen molar-refractivity contribution >= 4 is 17.9 Å². The van der Waals surface area contributed by atoms with Crippen molar-refractivity contribution in [1.82, 2.24) is 0 Å². The molecule has 0 saturated carbocycles. The average Bonchev–Trinajstić information content (AvgIpc) is 2.37. The normalized spacial score (nSPS) is 10.2. The molecule has 0 fully saturated rings. The van der Waals surface area contributed by atoms with E-state index in [-0.39, 0.29) is 19.4 Å². The van der Waals surface area contributed by atoms with Crippen molar-refractivity contribution in [3.63, 3.8) is 0 Å². The number of rotatable bonds is 7. The summed E-state index contributed by atoms with van der Waals surface area (Å²) in [6.07, 6.45) is -0.519. The molecule has 0 spiro atoms. The van der Waals surface area contributed by atoms with Gasteiger partial charge in [-0.15, -0.1) is 0 Å². The van der Waals surface area contributed by atoms with Gasteiger partial charge in [-0.2, -0.15) is 0 Å². The van der Waals surface area contributed by atoms with E-state index in [9.17, 15) is 14.4 Å². The highest BCUT2D eigenvalue weighted by Gasteiger charge is 2.26. The fourth-order valence-corrected chi connectivity index (χ4v) is 1.42. The number of benzene rings is 1. The molecule has 0 amide bonds. The number of carbonyl (C=O) groups excluding carboxylic acids is 1. The minimum atomic E-state index is -1.58. The van der Waals surface area contributed by atoms with Crippen molar-refractivity contribution in [1.29, 1.82) is 0 Å². The van der Waals surface area contributed by atoms with Crippen LogP contribution in [0.3, 0.4) is 0 Å². The summed E-state index contributed by atoms with van der Waals surface area (Å²) in [4.78, 5) is 32.6. The Labute approximate surface area is 109 Å². The Hall–Kier alpha value is -2.37. The first kappa shape index (κ1) is 14.7. The van der Waals surface area contributed by atoms with Crippen LogP contribution in [0.15, 0.2) is 30.3 Å². The Morgan fingerprint density at radius 1 is 1.05 bits per heavy atom. The van der Waals surface area contributed by atoms with Gasteiger partial charge in [-0.25, -0.2) is 0 Å². The SMILES string of the molecule is O=C(CCC(C(=O)O)C(=O)O)OCc1ccccc1. The molecule has 1 rings (SSSR count). The maximum atomic E-state index is 11.4. The summed E-state index contributed by atoms with van der Waals surface area (Å²) >= 11 is 0. The maximum absolute atomic E-state index is 11.4. The summed E-state index contributed by atoms with van der Waals surface area (Å²) in [7, 11) is 0. The third-order valence-electron chi connectivity index (χ3n) is 2.48. The molecule has 0 radical (unpaired) electrons. The van der Waals surface area contributed by atoms with E-state index in [2.05, 4.69) is 0 Å². The van der Waals surface area contributed by atoms with Crippen molar-refractivity contribution in [2.75, 3.05) is 0 Å². The topological polar surface area (TPSA) is 101 Å². The number of ether oxygens (including phenoxy) is 1. The summed E-state index contributed by atoms with van der Waals surface area (Å²) in [5.74, 6) is -5.10. The van der Waals surface area contributed by atoms with Gasteiger partial charge in [0.15, 0.2) is 5.92 Å². The van der Waals surface area contributed by atoms with Gasteiger partial charge in [-0.05, 0) is 12.0 Å². The third-order valence-corrected chi connectivity index (χ3v) is 2.48. The zero-order valence-electron chi connectivity index (χ0n) is 10.1. The number of carboxylic acid groups (broad SMARTS) is 2. The van der Waals surface area contributed by atoms with E-state index >= 15 is 0 Å². The lowest BCUT2D eigenvalue weighted by Crippen LogP contribution is -2.24. The molecule has 0 aliphatic heterocycles. The molecule has 102 valence electrons. The van der Waals surface area contributed by atoms with Crippen LogP contribution in [-0.2, 0) is 25.7 Å². The van der Waals surface area contributed by atoms with E-state index < -0.39 is 23.8 Å². The molecule has 2 N–H and O–H groups in total. The van der Waals surface area contributed by atoms with E-state index in [0.29, 0.717) is 0 Å². The minimum absolute atomic E-state index is 0.0878. The fraction of sp³-hybridized carbons (Fsp3) is 0.308. The molecule has 1 aromatic carbocycles. The van der Waals surface area contributed by atoms with Gasteiger partial charge in [0.1, 0.15) is 6.61 Å². The van der Waals surface area contributed by atoms with E-state index in [0.717, 1.165) is 5.56 Å². The molecule has 0 unspecified atom stereocenters. The van der Waals surface area contributed by atoms with Crippen molar-refractivity contribution < 1.29 is 29.3 Å². The van der Waals surface area contributed by atoms with Gasteiger partial charge in [-0.1, -0.05) is 30.3 Å². The second kappa shape index (κ2) is 7.15. The van der Waals surface area contributed by atoms with Crippen molar-refractivity contribution in [3.05, 3.63) is 35.9 Å². The lowest BCUT2D eigenvalue weighted by molar-refractivity contribution is -0.155. The van der Waals surface area contributed by atoms with Gasteiger partial charge in [0.05, 0.1) is 0 Å². The van der Waals surface area contributed by atoms with Gasteiger partial charge in [-0.3, -0.25) is 14.4 Å². The van der Waals surface area contributed by atoms with Gasteiger partial charge in [0.2, 0.25) is 0 Å². The quantitative estimate of drug-likeness (QED) is 0.569. The standard InChI is InChI=1S/C13H14O6/c14-11(7-6-10(12(15)16)13(17)18)19-8-9-4-2-1-3-5-9/h1-5,10H,6-8H2,(H,15,16)(H,17,18). The van der Waals surface area contributed by atoms with Gasteiger partial charge >= 0.3 is 17.9 Å². The Morgan fingerprint density at radius 3 is 2.16 bits per heavy atom. The molecule has 0 heterocycles. The Kier molecular flexibility index (Phi) is 5.53. The summed E-state index contributed by atoms with van der Waals surface area (Å²) in [5, 5.41) is 17.3. The van der Waals surface area contributed by atoms with Crippen LogP contribution in [-0.4, -0.2) is 28.1 Å². The zero-order chi connectivity index (χ0) is 14.3. The molecule has 6 nitrogen and oxygen atoms in total. The highest BCUT2D eigenvalue weighted by atomic mass is 16.5. The van der Waals surface area contributed by atoms with Crippen LogP contribution in [0, 0.1) is 5.92 Å². The van der Waals surface area contributed by atoms with Gasteiger partial charge < -0.3 is 14.9 Å². The lowest BCUT2D eigenvalue weighted by Gasteiger charge is -2.07. The van der Waals surface area contributed by atoms with Crippen molar-refractivity contribution in [2.45, 2.75) is 19.4 Å². The van der Waals surface area contributed by atoms with E-state index in [4.69, 9.17) is 14.9 Å². The number of carboxylic acids is 2. The molecular weight excluding hydrogens is 252 g/mol. The zero-order valence-corrected chi connectivity index (χ0v) is 10.1. The van der Waals surface area contributed by atoms with Crippen LogP contribution < -0.4 is 0 Å². The first-order valence-corrected chi connectivity index (χ1v) is 5.66. The number of hydrogen-bond acceptors (Lipinski definition) is 4. The predicted octanol–water partition coefficient (Wildman–Crippen LogP) is 1.30. The summed E-state index contributed by atoms with van der Waals surface area (Å²) in [6, 6.07) is 8.99. The number of esters is 1.